The Morgan fingerprint density at radius 3 is 2.33 bits per heavy atom. The lowest BCUT2D eigenvalue weighted by Crippen LogP contribution is -2.40. The third-order valence-corrected chi connectivity index (χ3v) is 5.70. The zero-order chi connectivity index (χ0) is 18.6. The van der Waals surface area contributed by atoms with Crippen molar-refractivity contribution >= 4 is 28.4 Å². The minimum atomic E-state index is -0.520. The quantitative estimate of drug-likeness (QED) is 0.688. The van der Waals surface area contributed by atoms with Crippen LogP contribution >= 0.6 is 0 Å². The predicted molar refractivity (Wildman–Crippen MR) is 107 cm³/mol. The van der Waals surface area contributed by atoms with E-state index in [-0.39, 0.29) is 17.8 Å². The third kappa shape index (κ3) is 4.10. The number of anilines is 2. The van der Waals surface area contributed by atoms with E-state index in [9.17, 15) is 9.59 Å². The predicted octanol–water partition coefficient (Wildman–Crippen LogP) is 4.60. The SMILES string of the molecule is O=C(Nc1c(NC2CCCC2)c2ccccc2oc1=O)NC1CCCCC1. The monoisotopic (exact) mass is 369 g/mol. The molecule has 0 unspecified atom stereocenters. The first-order valence-electron chi connectivity index (χ1n) is 10.1. The maximum absolute atomic E-state index is 12.6. The van der Waals surface area contributed by atoms with E-state index in [1.165, 1.54) is 19.3 Å². The molecule has 2 fully saturated rings. The summed E-state index contributed by atoms with van der Waals surface area (Å²) in [6.07, 6.45) is 9.99. The van der Waals surface area contributed by atoms with E-state index in [0.717, 1.165) is 43.9 Å². The fourth-order valence-corrected chi connectivity index (χ4v) is 4.27. The van der Waals surface area contributed by atoms with Crippen LogP contribution in [0.5, 0.6) is 0 Å². The molecule has 2 aliphatic rings. The highest BCUT2D eigenvalue weighted by Gasteiger charge is 2.23. The van der Waals surface area contributed by atoms with Crippen LogP contribution in [0.4, 0.5) is 16.2 Å². The highest BCUT2D eigenvalue weighted by molar-refractivity contribution is 6.01. The molecule has 144 valence electrons. The maximum Gasteiger partial charge on any atom is 0.362 e. The molecule has 1 aromatic heterocycles. The first-order valence-corrected chi connectivity index (χ1v) is 10.1. The number of benzene rings is 1. The van der Waals surface area contributed by atoms with Crippen LogP contribution in [-0.4, -0.2) is 18.1 Å². The fourth-order valence-electron chi connectivity index (χ4n) is 4.27. The highest BCUT2D eigenvalue weighted by Crippen LogP contribution is 2.32. The Bertz CT molecular complexity index is 865. The van der Waals surface area contributed by atoms with Gasteiger partial charge in [-0.2, -0.15) is 0 Å². The van der Waals surface area contributed by atoms with Crippen LogP contribution in [0.1, 0.15) is 57.8 Å². The molecule has 0 spiro atoms. The zero-order valence-electron chi connectivity index (χ0n) is 15.6. The molecule has 2 amide bonds. The minimum absolute atomic E-state index is 0.178. The summed E-state index contributed by atoms with van der Waals surface area (Å²) in [5, 5.41) is 10.1. The lowest BCUT2D eigenvalue weighted by molar-refractivity contribution is 0.244. The van der Waals surface area contributed by atoms with E-state index in [1.807, 2.05) is 18.2 Å². The molecule has 0 atom stereocenters. The van der Waals surface area contributed by atoms with Gasteiger partial charge in [0, 0.05) is 17.5 Å². The van der Waals surface area contributed by atoms with Crippen LogP contribution in [0.3, 0.4) is 0 Å². The van der Waals surface area contributed by atoms with Crippen molar-refractivity contribution in [2.24, 2.45) is 0 Å². The van der Waals surface area contributed by atoms with Crippen molar-refractivity contribution in [3.05, 3.63) is 34.7 Å². The first-order chi connectivity index (χ1) is 13.2. The number of carbonyl (C=O) groups is 1. The molecule has 1 heterocycles. The topological polar surface area (TPSA) is 83.4 Å². The van der Waals surface area contributed by atoms with Crippen molar-refractivity contribution in [1.29, 1.82) is 0 Å². The number of carbonyl (C=O) groups excluding carboxylic acids is 1. The second-order valence-electron chi connectivity index (χ2n) is 7.69. The molecule has 6 nitrogen and oxygen atoms in total. The molecule has 2 saturated carbocycles. The minimum Gasteiger partial charge on any atom is -0.421 e. The van der Waals surface area contributed by atoms with Crippen LogP contribution in [0, 0.1) is 0 Å². The van der Waals surface area contributed by atoms with Gasteiger partial charge in [-0.1, -0.05) is 44.2 Å². The Kier molecular flexibility index (Phi) is 5.32. The molecule has 4 rings (SSSR count). The van der Waals surface area contributed by atoms with E-state index < -0.39 is 5.63 Å². The normalized spacial score (nSPS) is 18.5. The molecule has 0 aliphatic heterocycles. The van der Waals surface area contributed by atoms with Crippen LogP contribution in [0.15, 0.2) is 33.5 Å². The number of fused-ring (bicyclic) bond motifs is 1. The molecular formula is C21H27N3O3. The van der Waals surface area contributed by atoms with E-state index in [2.05, 4.69) is 16.0 Å². The standard InChI is InChI=1S/C21H27N3O3/c25-20-19(24-21(26)23-15-8-2-1-3-9-15)18(22-14-10-4-5-11-14)16-12-6-7-13-17(16)27-20/h6-7,12-15,22H,1-5,8-11H2,(H2,23,24,26). The van der Waals surface area contributed by atoms with Crippen molar-refractivity contribution in [2.45, 2.75) is 69.9 Å². The number of hydrogen-bond donors (Lipinski definition) is 3. The Hall–Kier alpha value is -2.50. The van der Waals surface area contributed by atoms with Crippen molar-refractivity contribution < 1.29 is 9.21 Å². The Balaban J connectivity index is 1.62. The van der Waals surface area contributed by atoms with Crippen LogP contribution < -0.4 is 21.6 Å². The van der Waals surface area contributed by atoms with Gasteiger partial charge in [-0.3, -0.25) is 5.32 Å². The van der Waals surface area contributed by atoms with Gasteiger partial charge in [-0.05, 0) is 37.8 Å². The van der Waals surface area contributed by atoms with E-state index in [4.69, 9.17) is 4.42 Å². The van der Waals surface area contributed by atoms with Gasteiger partial charge in [0.2, 0.25) is 0 Å². The fraction of sp³-hybridized carbons (Fsp3) is 0.524. The number of para-hydroxylation sites is 1. The third-order valence-electron chi connectivity index (χ3n) is 5.70. The molecule has 27 heavy (non-hydrogen) atoms. The number of urea groups is 1. The average Bonchev–Trinajstić information content (AvgIpc) is 3.18. The zero-order valence-corrected chi connectivity index (χ0v) is 15.6. The molecule has 6 heteroatoms. The van der Waals surface area contributed by atoms with Gasteiger partial charge in [0.25, 0.3) is 0 Å². The number of nitrogens with one attached hydrogen (secondary N) is 3. The van der Waals surface area contributed by atoms with Gasteiger partial charge in [0.1, 0.15) is 5.58 Å². The summed E-state index contributed by atoms with van der Waals surface area (Å²) >= 11 is 0. The summed E-state index contributed by atoms with van der Waals surface area (Å²) in [7, 11) is 0. The van der Waals surface area contributed by atoms with Gasteiger partial charge in [-0.15, -0.1) is 0 Å². The highest BCUT2D eigenvalue weighted by atomic mass is 16.4. The molecule has 2 aliphatic carbocycles. The van der Waals surface area contributed by atoms with Crippen molar-refractivity contribution in [1.82, 2.24) is 5.32 Å². The molecule has 0 radical (unpaired) electrons. The summed E-state index contributed by atoms with van der Waals surface area (Å²) < 4.78 is 5.45. The Morgan fingerprint density at radius 2 is 1.56 bits per heavy atom. The Labute approximate surface area is 158 Å². The van der Waals surface area contributed by atoms with Crippen molar-refractivity contribution in [3.8, 4) is 0 Å². The van der Waals surface area contributed by atoms with Gasteiger partial charge < -0.3 is 15.1 Å². The second-order valence-corrected chi connectivity index (χ2v) is 7.69. The smallest absolute Gasteiger partial charge is 0.362 e. The molecular weight excluding hydrogens is 342 g/mol. The van der Waals surface area contributed by atoms with Gasteiger partial charge in [-0.25, -0.2) is 9.59 Å². The summed E-state index contributed by atoms with van der Waals surface area (Å²) in [6.45, 7) is 0. The van der Waals surface area contributed by atoms with Crippen LogP contribution in [-0.2, 0) is 0 Å². The van der Waals surface area contributed by atoms with Crippen LogP contribution in [0.2, 0.25) is 0 Å². The molecule has 0 bridgehead atoms. The summed E-state index contributed by atoms with van der Waals surface area (Å²) in [6, 6.07) is 7.61. The van der Waals surface area contributed by atoms with Crippen molar-refractivity contribution in [2.75, 3.05) is 10.6 Å². The van der Waals surface area contributed by atoms with E-state index in [0.29, 0.717) is 17.3 Å². The summed E-state index contributed by atoms with van der Waals surface area (Å²) in [4.78, 5) is 25.1. The van der Waals surface area contributed by atoms with Gasteiger partial charge in [0.15, 0.2) is 5.69 Å². The molecule has 1 aromatic carbocycles. The largest absolute Gasteiger partial charge is 0.421 e. The summed E-state index contributed by atoms with van der Waals surface area (Å²) in [5.74, 6) is 0. The van der Waals surface area contributed by atoms with Gasteiger partial charge >= 0.3 is 11.7 Å². The number of rotatable bonds is 4. The van der Waals surface area contributed by atoms with E-state index >= 15 is 0 Å². The maximum atomic E-state index is 12.6. The Morgan fingerprint density at radius 1 is 0.889 bits per heavy atom. The summed E-state index contributed by atoms with van der Waals surface area (Å²) in [5.41, 5.74) is 0.885. The lowest BCUT2D eigenvalue weighted by atomic mass is 9.96. The lowest BCUT2D eigenvalue weighted by Gasteiger charge is -2.23. The van der Waals surface area contributed by atoms with Crippen molar-refractivity contribution in [3.63, 3.8) is 0 Å². The second kappa shape index (κ2) is 8.03. The number of amides is 2. The number of hydrogen-bond acceptors (Lipinski definition) is 4. The molecule has 3 N–H and O–H groups in total. The molecule has 0 saturated heterocycles. The molecule has 2 aromatic rings. The van der Waals surface area contributed by atoms with Crippen LogP contribution in [0.25, 0.3) is 11.0 Å². The van der Waals surface area contributed by atoms with Gasteiger partial charge in [0.05, 0.1) is 5.69 Å². The van der Waals surface area contributed by atoms with E-state index in [1.54, 1.807) is 6.07 Å². The average molecular weight is 369 g/mol. The first kappa shape index (κ1) is 17.9.